The van der Waals surface area contributed by atoms with Gasteiger partial charge in [0.05, 0.1) is 24.9 Å². The maximum atomic E-state index is 13.9. The van der Waals surface area contributed by atoms with Gasteiger partial charge >= 0.3 is 0 Å². The van der Waals surface area contributed by atoms with E-state index in [2.05, 4.69) is 16.0 Å². The van der Waals surface area contributed by atoms with Crippen LogP contribution in [0, 0.1) is 10.8 Å². The van der Waals surface area contributed by atoms with Gasteiger partial charge in [-0.15, -0.1) is 0 Å². The number of likely N-dealkylation sites (tertiary alicyclic amines) is 1. The minimum atomic E-state index is -0.965. The summed E-state index contributed by atoms with van der Waals surface area (Å²) >= 11 is 6.34. The number of carbonyl (C=O) groups is 3. The number of aliphatic hydroxyl groups excluding tert-OH is 2. The molecule has 46 heavy (non-hydrogen) atoms. The molecule has 2 saturated heterocycles. The summed E-state index contributed by atoms with van der Waals surface area (Å²) in [5.74, 6) is -1.32. The van der Waals surface area contributed by atoms with Gasteiger partial charge in [0.25, 0.3) is 0 Å². The predicted molar refractivity (Wildman–Crippen MR) is 176 cm³/mol. The molecular weight excluding hydrogens is 608 g/mol. The Labute approximate surface area is 276 Å². The molecule has 5 N–H and O–H groups in total. The van der Waals surface area contributed by atoms with E-state index >= 15 is 0 Å². The molecule has 1 saturated carbocycles. The Hall–Kier alpha value is -3.02. The summed E-state index contributed by atoms with van der Waals surface area (Å²) in [5, 5.41) is 30.4. The molecule has 250 valence electrons. The minimum absolute atomic E-state index is 0.0365. The zero-order chi connectivity index (χ0) is 33.1. The number of amides is 3. The first-order valence-electron chi connectivity index (χ1n) is 16.3. The van der Waals surface area contributed by atoms with Crippen molar-refractivity contribution in [2.75, 3.05) is 32.8 Å². The van der Waals surface area contributed by atoms with Crippen molar-refractivity contribution in [3.8, 4) is 11.1 Å². The van der Waals surface area contributed by atoms with Gasteiger partial charge in [-0.25, -0.2) is 0 Å². The molecule has 2 aromatic carbocycles. The van der Waals surface area contributed by atoms with Gasteiger partial charge in [0.1, 0.15) is 18.7 Å². The largest absolute Gasteiger partial charge is 0.394 e. The lowest BCUT2D eigenvalue weighted by Gasteiger charge is -2.50. The van der Waals surface area contributed by atoms with E-state index in [9.17, 15) is 24.6 Å². The molecular formula is C35H47ClN4O6. The van der Waals surface area contributed by atoms with Crippen molar-refractivity contribution in [1.82, 2.24) is 20.9 Å². The topological polar surface area (TPSA) is 140 Å². The highest BCUT2D eigenvalue weighted by Crippen LogP contribution is 2.49. The van der Waals surface area contributed by atoms with Crippen molar-refractivity contribution in [2.24, 2.45) is 10.8 Å². The van der Waals surface area contributed by atoms with E-state index in [1.165, 1.54) is 4.90 Å². The number of nitrogens with one attached hydrogen (secondary N) is 3. The molecule has 0 bridgehead atoms. The predicted octanol–water partition coefficient (Wildman–Crippen LogP) is 3.20. The molecule has 4 atom stereocenters. The first-order chi connectivity index (χ1) is 21.9. The summed E-state index contributed by atoms with van der Waals surface area (Å²) in [6.07, 6.45) is 3.35. The van der Waals surface area contributed by atoms with E-state index in [1.54, 1.807) is 0 Å². The van der Waals surface area contributed by atoms with Crippen LogP contribution in [0.25, 0.3) is 11.1 Å². The average molecular weight is 655 g/mol. The lowest BCUT2D eigenvalue weighted by atomic mass is 9.62. The van der Waals surface area contributed by atoms with E-state index in [0.29, 0.717) is 16.0 Å². The van der Waals surface area contributed by atoms with Crippen molar-refractivity contribution in [1.29, 1.82) is 0 Å². The summed E-state index contributed by atoms with van der Waals surface area (Å²) in [4.78, 5) is 41.9. The van der Waals surface area contributed by atoms with Crippen LogP contribution in [0.1, 0.15) is 64.5 Å². The van der Waals surface area contributed by atoms with Crippen LogP contribution in [-0.2, 0) is 19.1 Å². The molecule has 2 aliphatic heterocycles. The van der Waals surface area contributed by atoms with Crippen LogP contribution in [0.4, 0.5) is 0 Å². The quantitative estimate of drug-likeness (QED) is 0.265. The van der Waals surface area contributed by atoms with E-state index in [1.807, 2.05) is 69.3 Å². The molecule has 3 fully saturated rings. The Kier molecular flexibility index (Phi) is 10.7. The highest BCUT2D eigenvalue weighted by Gasteiger charge is 2.47. The van der Waals surface area contributed by atoms with Crippen molar-refractivity contribution in [3.05, 3.63) is 59.1 Å². The van der Waals surface area contributed by atoms with Crippen LogP contribution in [0.15, 0.2) is 48.5 Å². The monoisotopic (exact) mass is 654 g/mol. The molecule has 3 amide bonds. The van der Waals surface area contributed by atoms with Gasteiger partial charge in [0.2, 0.25) is 17.7 Å². The molecule has 0 aromatic heterocycles. The number of nitrogens with zero attached hydrogens (tertiary/aromatic N) is 1. The first kappa shape index (κ1) is 34.3. The Balaban J connectivity index is 1.20. The molecule has 5 rings (SSSR count). The normalized spacial score (nSPS) is 22.6. The summed E-state index contributed by atoms with van der Waals surface area (Å²) in [5.41, 5.74) is 2.11. The molecule has 11 heteroatoms. The number of piperidine rings is 1. The Morgan fingerprint density at radius 3 is 2.37 bits per heavy atom. The Bertz CT molecular complexity index is 1380. The molecule has 2 heterocycles. The second-order valence-corrected chi connectivity index (χ2v) is 14.6. The number of aliphatic hydroxyl groups is 2. The highest BCUT2D eigenvalue weighted by atomic mass is 35.5. The van der Waals surface area contributed by atoms with Crippen molar-refractivity contribution in [3.63, 3.8) is 0 Å². The third kappa shape index (κ3) is 7.91. The van der Waals surface area contributed by atoms with Crippen LogP contribution in [-0.4, -0.2) is 90.0 Å². The minimum Gasteiger partial charge on any atom is -0.394 e. The van der Waals surface area contributed by atoms with Crippen LogP contribution in [0.2, 0.25) is 5.02 Å². The fourth-order valence-electron chi connectivity index (χ4n) is 7.00. The van der Waals surface area contributed by atoms with Crippen LogP contribution >= 0.6 is 11.6 Å². The molecule has 0 radical (unpaired) electrons. The summed E-state index contributed by atoms with van der Waals surface area (Å²) in [6.45, 7) is 7.04. The van der Waals surface area contributed by atoms with Gasteiger partial charge in [-0.3, -0.25) is 14.4 Å². The summed E-state index contributed by atoms with van der Waals surface area (Å²) in [6, 6.07) is 12.2. The number of hydrogen-bond acceptors (Lipinski definition) is 7. The summed E-state index contributed by atoms with van der Waals surface area (Å²) < 4.78 is 5.91. The number of benzene rings is 2. The standard InChI is InChI=1S/C35H47ClN4O6/c1-34(2,3)31(39-30(43)21-46-25-17-35(18-25)12-14-37-15-13-35)33(45)40-19-24(42)16-29(40)32(44)38-28(20-41)23-10-8-22(9-11-23)26-6-4-5-7-27(26)36/h4-11,24-25,28-29,31,37,41-42H,12-21H2,1-3H3,(H,38,44)(H,39,43)/t24-,28+,29+,31-/m1/s1. The molecule has 10 nitrogen and oxygen atoms in total. The van der Waals surface area contributed by atoms with Gasteiger partial charge in [-0.1, -0.05) is 74.8 Å². The third-order valence-corrected chi connectivity index (χ3v) is 10.0. The fourth-order valence-corrected chi connectivity index (χ4v) is 7.24. The number of hydrogen-bond donors (Lipinski definition) is 5. The van der Waals surface area contributed by atoms with E-state index in [0.717, 1.165) is 49.9 Å². The first-order valence-corrected chi connectivity index (χ1v) is 16.6. The number of ether oxygens (including phenoxy) is 1. The molecule has 1 aliphatic carbocycles. The fraction of sp³-hybridized carbons (Fsp3) is 0.571. The molecule has 3 aliphatic rings. The molecule has 0 unspecified atom stereocenters. The third-order valence-electron chi connectivity index (χ3n) is 9.72. The number of carbonyl (C=O) groups excluding carboxylic acids is 3. The van der Waals surface area contributed by atoms with Crippen molar-refractivity contribution >= 4 is 29.3 Å². The maximum Gasteiger partial charge on any atom is 0.246 e. The van der Waals surface area contributed by atoms with Gasteiger partial charge in [0, 0.05) is 23.6 Å². The van der Waals surface area contributed by atoms with E-state index in [4.69, 9.17) is 16.3 Å². The maximum absolute atomic E-state index is 13.9. The zero-order valence-electron chi connectivity index (χ0n) is 26.9. The Morgan fingerprint density at radius 1 is 1.07 bits per heavy atom. The smallest absolute Gasteiger partial charge is 0.246 e. The SMILES string of the molecule is CC(C)(C)[C@H](NC(=O)COC1CC2(CCNCC2)C1)C(=O)N1C[C@H](O)C[C@H]1C(=O)N[C@@H](CO)c1ccc(-c2ccccc2Cl)cc1. The highest BCUT2D eigenvalue weighted by molar-refractivity contribution is 6.33. The molecule has 1 spiro atoms. The second-order valence-electron chi connectivity index (χ2n) is 14.2. The van der Waals surface area contributed by atoms with Gasteiger partial charge in [-0.05, 0) is 66.8 Å². The van der Waals surface area contributed by atoms with Crippen LogP contribution in [0.5, 0.6) is 0 Å². The lowest BCUT2D eigenvalue weighted by molar-refractivity contribution is -0.147. The lowest BCUT2D eigenvalue weighted by Crippen LogP contribution is -2.58. The van der Waals surface area contributed by atoms with Crippen molar-refractivity contribution < 1.29 is 29.3 Å². The van der Waals surface area contributed by atoms with Gasteiger partial charge in [-0.2, -0.15) is 0 Å². The second kappa shape index (κ2) is 14.4. The summed E-state index contributed by atoms with van der Waals surface area (Å²) in [7, 11) is 0. The number of halogens is 1. The van der Waals surface area contributed by atoms with Crippen molar-refractivity contribution in [2.45, 2.75) is 83.2 Å². The van der Waals surface area contributed by atoms with Crippen LogP contribution in [0.3, 0.4) is 0 Å². The van der Waals surface area contributed by atoms with E-state index < -0.39 is 41.5 Å². The number of β-amino-alcohol motifs (C(OH)–C–C–N with tert-alkyl or cyclic N) is 1. The zero-order valence-corrected chi connectivity index (χ0v) is 27.7. The van der Waals surface area contributed by atoms with E-state index in [-0.39, 0.29) is 38.2 Å². The molecule has 2 aromatic rings. The van der Waals surface area contributed by atoms with Gasteiger partial charge < -0.3 is 35.8 Å². The van der Waals surface area contributed by atoms with Crippen LogP contribution < -0.4 is 16.0 Å². The van der Waals surface area contributed by atoms with Gasteiger partial charge in [0.15, 0.2) is 0 Å². The number of rotatable bonds is 10. The Morgan fingerprint density at radius 2 is 1.74 bits per heavy atom. The average Bonchev–Trinajstić information content (AvgIpc) is 3.42.